The molecule has 1 amide bonds. The molecule has 0 bridgehead atoms. The number of esters is 1. The zero-order valence-electron chi connectivity index (χ0n) is 17.9. The number of nitrogens with zero attached hydrogens (tertiary/aromatic N) is 2. The van der Waals surface area contributed by atoms with Gasteiger partial charge in [0.25, 0.3) is 0 Å². The van der Waals surface area contributed by atoms with Crippen molar-refractivity contribution >= 4 is 28.9 Å². The highest BCUT2D eigenvalue weighted by molar-refractivity contribution is 7.13. The molecule has 1 atom stereocenters. The number of para-hydroxylation sites is 3. The fourth-order valence-electron chi connectivity index (χ4n) is 3.45. The number of fused-ring (bicyclic) bond motifs is 1. The van der Waals surface area contributed by atoms with Crippen LogP contribution in [0, 0.1) is 0 Å². The molecule has 0 saturated carbocycles. The topological polar surface area (TPSA) is 87.2 Å². The number of benzene rings is 2. The van der Waals surface area contributed by atoms with Crippen molar-refractivity contribution in [1.82, 2.24) is 4.98 Å². The molecule has 166 valence electrons. The Morgan fingerprint density at radius 1 is 1.16 bits per heavy atom. The molecular weight excluding hydrogens is 432 g/mol. The molecule has 3 aromatic rings. The minimum atomic E-state index is -0.912. The van der Waals surface area contributed by atoms with Crippen LogP contribution in [0.2, 0.25) is 0 Å². The standard InChI is InChI=1S/C23H22N2O6S/c1-14(26)25-11-20(31-18-9-5-4-8-17(18)25)23(27)30-12-15-13-32-22(24-15)16-7-6-10-19(28-2)21(16)29-3/h4-10,13,20H,11-12H2,1-3H3/t20-/m0/s1. The zero-order valence-corrected chi connectivity index (χ0v) is 18.7. The Hall–Kier alpha value is -3.59. The van der Waals surface area contributed by atoms with Gasteiger partial charge >= 0.3 is 5.97 Å². The van der Waals surface area contributed by atoms with Gasteiger partial charge in [-0.05, 0) is 24.3 Å². The van der Waals surface area contributed by atoms with E-state index in [0.717, 1.165) is 10.6 Å². The van der Waals surface area contributed by atoms with Gasteiger partial charge in [-0.2, -0.15) is 0 Å². The van der Waals surface area contributed by atoms with Gasteiger partial charge in [0.2, 0.25) is 12.0 Å². The van der Waals surface area contributed by atoms with Crippen LogP contribution in [0.1, 0.15) is 12.6 Å². The van der Waals surface area contributed by atoms with Crippen LogP contribution in [-0.4, -0.2) is 43.7 Å². The van der Waals surface area contributed by atoms with E-state index in [1.807, 2.05) is 29.6 Å². The third-order valence-corrected chi connectivity index (χ3v) is 5.89. The summed E-state index contributed by atoms with van der Waals surface area (Å²) in [5.74, 6) is 0.940. The minimum Gasteiger partial charge on any atom is -0.493 e. The zero-order chi connectivity index (χ0) is 22.7. The van der Waals surface area contributed by atoms with E-state index in [0.29, 0.717) is 28.6 Å². The molecule has 32 heavy (non-hydrogen) atoms. The highest BCUT2D eigenvalue weighted by atomic mass is 32.1. The van der Waals surface area contributed by atoms with Crippen LogP contribution in [0.3, 0.4) is 0 Å². The van der Waals surface area contributed by atoms with Gasteiger partial charge in [-0.3, -0.25) is 4.79 Å². The summed E-state index contributed by atoms with van der Waals surface area (Å²) in [7, 11) is 3.15. The summed E-state index contributed by atoms with van der Waals surface area (Å²) >= 11 is 1.41. The molecule has 4 rings (SSSR count). The number of methoxy groups -OCH3 is 2. The average molecular weight is 455 g/mol. The molecular formula is C23H22N2O6S. The van der Waals surface area contributed by atoms with Crippen molar-refractivity contribution < 1.29 is 28.5 Å². The molecule has 1 aliphatic rings. The predicted octanol–water partition coefficient (Wildman–Crippen LogP) is 3.68. The summed E-state index contributed by atoms with van der Waals surface area (Å²) in [5.41, 5.74) is 2.03. The molecule has 8 nitrogen and oxygen atoms in total. The van der Waals surface area contributed by atoms with Crippen LogP contribution < -0.4 is 19.1 Å². The summed E-state index contributed by atoms with van der Waals surface area (Å²) in [4.78, 5) is 30.8. The number of anilines is 1. The summed E-state index contributed by atoms with van der Waals surface area (Å²) in [6.45, 7) is 1.53. The quantitative estimate of drug-likeness (QED) is 0.525. The first-order valence-electron chi connectivity index (χ1n) is 9.88. The Balaban J connectivity index is 1.45. The Morgan fingerprint density at radius 2 is 1.97 bits per heavy atom. The highest BCUT2D eigenvalue weighted by Crippen LogP contribution is 2.39. The number of hydrogen-bond acceptors (Lipinski definition) is 8. The second-order valence-corrected chi connectivity index (χ2v) is 7.85. The monoisotopic (exact) mass is 454 g/mol. The van der Waals surface area contributed by atoms with Crippen LogP contribution in [0.5, 0.6) is 17.2 Å². The van der Waals surface area contributed by atoms with E-state index in [-0.39, 0.29) is 19.1 Å². The number of carbonyl (C=O) groups excluding carboxylic acids is 2. The van der Waals surface area contributed by atoms with Gasteiger partial charge in [0.05, 0.1) is 37.7 Å². The van der Waals surface area contributed by atoms with E-state index in [9.17, 15) is 9.59 Å². The van der Waals surface area contributed by atoms with Crippen molar-refractivity contribution in [3.05, 3.63) is 53.5 Å². The van der Waals surface area contributed by atoms with Gasteiger partial charge in [0.1, 0.15) is 17.4 Å². The molecule has 1 aromatic heterocycles. The van der Waals surface area contributed by atoms with Crippen LogP contribution >= 0.6 is 11.3 Å². The van der Waals surface area contributed by atoms with Gasteiger partial charge < -0.3 is 23.8 Å². The summed E-state index contributed by atoms with van der Waals surface area (Å²) in [6.07, 6.45) is -0.912. The van der Waals surface area contributed by atoms with E-state index in [1.165, 1.54) is 23.2 Å². The second kappa shape index (κ2) is 9.27. The first-order valence-corrected chi connectivity index (χ1v) is 10.8. The minimum absolute atomic E-state index is 0.0107. The summed E-state index contributed by atoms with van der Waals surface area (Å²) in [5, 5.41) is 2.54. The molecule has 0 N–H and O–H groups in total. The molecule has 0 saturated heterocycles. The molecule has 0 radical (unpaired) electrons. The Labute approximate surface area is 189 Å². The number of thiazole rings is 1. The maximum absolute atomic E-state index is 12.7. The fraction of sp³-hybridized carbons (Fsp3) is 0.261. The third kappa shape index (κ3) is 4.24. The van der Waals surface area contributed by atoms with Crippen molar-refractivity contribution in [3.63, 3.8) is 0 Å². The van der Waals surface area contributed by atoms with Gasteiger partial charge in [-0.15, -0.1) is 11.3 Å². The van der Waals surface area contributed by atoms with E-state index >= 15 is 0 Å². The van der Waals surface area contributed by atoms with Crippen LogP contribution in [0.4, 0.5) is 5.69 Å². The predicted molar refractivity (Wildman–Crippen MR) is 119 cm³/mol. The van der Waals surface area contributed by atoms with Crippen LogP contribution in [-0.2, 0) is 20.9 Å². The Kier molecular flexibility index (Phi) is 6.27. The summed E-state index contributed by atoms with van der Waals surface area (Å²) in [6, 6.07) is 12.7. The lowest BCUT2D eigenvalue weighted by Gasteiger charge is -2.33. The van der Waals surface area contributed by atoms with Crippen LogP contribution in [0.25, 0.3) is 10.6 Å². The molecule has 2 heterocycles. The van der Waals surface area contributed by atoms with Crippen molar-refractivity contribution in [3.8, 4) is 27.8 Å². The lowest BCUT2D eigenvalue weighted by molar-refractivity contribution is -0.153. The fourth-order valence-corrected chi connectivity index (χ4v) is 4.27. The lowest BCUT2D eigenvalue weighted by Crippen LogP contribution is -2.47. The largest absolute Gasteiger partial charge is 0.493 e. The van der Waals surface area contributed by atoms with E-state index in [4.69, 9.17) is 18.9 Å². The van der Waals surface area contributed by atoms with Gasteiger partial charge in [-0.25, -0.2) is 9.78 Å². The number of amides is 1. The molecule has 1 aliphatic heterocycles. The smallest absolute Gasteiger partial charge is 0.349 e. The number of hydrogen-bond donors (Lipinski definition) is 0. The third-order valence-electron chi connectivity index (χ3n) is 4.96. The van der Waals surface area contributed by atoms with Gasteiger partial charge in [-0.1, -0.05) is 18.2 Å². The molecule has 0 spiro atoms. The van der Waals surface area contributed by atoms with Gasteiger partial charge in [0.15, 0.2) is 11.5 Å². The molecule has 0 fully saturated rings. The molecule has 2 aromatic carbocycles. The SMILES string of the molecule is COc1cccc(-c2nc(COC(=O)[C@@H]3CN(C(C)=O)c4ccccc4O3)cs2)c1OC. The van der Waals surface area contributed by atoms with E-state index in [1.54, 1.807) is 32.4 Å². The van der Waals surface area contributed by atoms with Crippen molar-refractivity contribution in [2.24, 2.45) is 0 Å². The van der Waals surface area contributed by atoms with Crippen molar-refractivity contribution in [2.75, 3.05) is 25.7 Å². The molecule has 0 aliphatic carbocycles. The van der Waals surface area contributed by atoms with Crippen LogP contribution in [0.15, 0.2) is 47.8 Å². The Morgan fingerprint density at radius 3 is 2.72 bits per heavy atom. The number of carbonyl (C=O) groups is 2. The number of rotatable bonds is 6. The van der Waals surface area contributed by atoms with Crippen molar-refractivity contribution in [2.45, 2.75) is 19.6 Å². The van der Waals surface area contributed by atoms with E-state index in [2.05, 4.69) is 4.98 Å². The van der Waals surface area contributed by atoms with Gasteiger partial charge in [0, 0.05) is 12.3 Å². The first kappa shape index (κ1) is 21.6. The second-order valence-electron chi connectivity index (χ2n) is 7.00. The number of aromatic nitrogens is 1. The first-order chi connectivity index (χ1) is 15.5. The van der Waals surface area contributed by atoms with Crippen molar-refractivity contribution in [1.29, 1.82) is 0 Å². The lowest BCUT2D eigenvalue weighted by atomic mass is 10.2. The average Bonchev–Trinajstić information content (AvgIpc) is 3.29. The normalized spacial score (nSPS) is 14.8. The summed E-state index contributed by atoms with van der Waals surface area (Å²) < 4.78 is 22.0. The maximum Gasteiger partial charge on any atom is 0.349 e. The number of ether oxygens (including phenoxy) is 4. The highest BCUT2D eigenvalue weighted by Gasteiger charge is 2.33. The Bertz CT molecular complexity index is 1150. The van der Waals surface area contributed by atoms with E-state index < -0.39 is 12.1 Å². The molecule has 0 unspecified atom stereocenters. The maximum atomic E-state index is 12.7. The molecule has 9 heteroatoms.